The third-order valence-corrected chi connectivity index (χ3v) is 8.03. The molecule has 0 unspecified atom stereocenters. The highest BCUT2D eigenvalue weighted by Gasteiger charge is 2.28. The van der Waals surface area contributed by atoms with Crippen molar-refractivity contribution < 1.29 is 0 Å². The molecule has 0 aromatic carbocycles. The molecule has 4 heterocycles. The molecule has 2 aromatic rings. The third-order valence-electron chi connectivity index (χ3n) is 6.83. The Morgan fingerprint density at radius 3 is 2.59 bits per heavy atom. The van der Waals surface area contributed by atoms with E-state index >= 15 is 0 Å². The van der Waals surface area contributed by atoms with Crippen molar-refractivity contribution in [1.82, 2.24) is 19.8 Å². The fraction of sp³-hybridized carbons (Fsp3) is 0.714. The number of aromatic nitrogens is 2. The van der Waals surface area contributed by atoms with Gasteiger partial charge in [-0.05, 0) is 77.1 Å². The average Bonchev–Trinajstić information content (AvgIpc) is 3.09. The first-order valence-corrected chi connectivity index (χ1v) is 11.5. The lowest BCUT2D eigenvalue weighted by molar-refractivity contribution is 0.0994. The maximum atomic E-state index is 4.66. The van der Waals surface area contributed by atoms with E-state index in [2.05, 4.69) is 32.1 Å². The first-order valence-electron chi connectivity index (χ1n) is 10.7. The molecule has 2 fully saturated rings. The minimum Gasteiger partial charge on any atom is -0.367 e. The summed E-state index contributed by atoms with van der Waals surface area (Å²) in [6.45, 7) is 4.96. The zero-order valence-electron chi connectivity index (χ0n) is 16.4. The molecule has 0 saturated carbocycles. The second-order valence-electron chi connectivity index (χ2n) is 8.60. The van der Waals surface area contributed by atoms with Crippen molar-refractivity contribution in [2.45, 2.75) is 63.5 Å². The minimum absolute atomic E-state index is 0.546. The van der Waals surface area contributed by atoms with Gasteiger partial charge in [0, 0.05) is 30.1 Å². The van der Waals surface area contributed by atoms with Crippen LogP contribution in [-0.4, -0.2) is 65.1 Å². The minimum atomic E-state index is 0.546. The van der Waals surface area contributed by atoms with Gasteiger partial charge >= 0.3 is 0 Å². The van der Waals surface area contributed by atoms with Crippen LogP contribution in [0.2, 0.25) is 0 Å². The Morgan fingerprint density at radius 1 is 1.00 bits per heavy atom. The van der Waals surface area contributed by atoms with Crippen molar-refractivity contribution in [3.05, 3.63) is 16.8 Å². The smallest absolute Gasteiger partial charge is 0.138 e. The van der Waals surface area contributed by atoms with Crippen molar-refractivity contribution in [3.63, 3.8) is 0 Å². The first-order chi connectivity index (χ1) is 13.3. The molecular weight excluding hydrogens is 354 g/mol. The van der Waals surface area contributed by atoms with Crippen LogP contribution in [-0.2, 0) is 12.8 Å². The van der Waals surface area contributed by atoms with Gasteiger partial charge in [0.15, 0.2) is 0 Å². The van der Waals surface area contributed by atoms with E-state index in [0.717, 1.165) is 11.9 Å². The fourth-order valence-electron chi connectivity index (χ4n) is 5.16. The van der Waals surface area contributed by atoms with Crippen molar-refractivity contribution in [3.8, 4) is 0 Å². The molecule has 0 spiro atoms. The van der Waals surface area contributed by atoms with E-state index in [0.29, 0.717) is 6.04 Å². The average molecular weight is 386 g/mol. The fourth-order valence-corrected chi connectivity index (χ4v) is 6.39. The molecule has 27 heavy (non-hydrogen) atoms. The summed E-state index contributed by atoms with van der Waals surface area (Å²) in [7, 11) is 2.25. The summed E-state index contributed by atoms with van der Waals surface area (Å²) in [5.41, 5.74) is 1.54. The number of hydrogen-bond acceptors (Lipinski definition) is 6. The molecule has 2 aliphatic heterocycles. The molecule has 6 heteroatoms. The van der Waals surface area contributed by atoms with E-state index in [4.69, 9.17) is 0 Å². The number of rotatable bonds is 3. The first kappa shape index (κ1) is 17.8. The summed E-state index contributed by atoms with van der Waals surface area (Å²) in [6.07, 6.45) is 11.9. The molecule has 0 amide bonds. The van der Waals surface area contributed by atoms with Crippen LogP contribution in [0, 0.1) is 0 Å². The summed E-state index contributed by atoms with van der Waals surface area (Å²) < 4.78 is 0. The number of thiophene rings is 1. The Kier molecular flexibility index (Phi) is 5.05. The van der Waals surface area contributed by atoms with Crippen LogP contribution >= 0.6 is 11.3 Å². The lowest BCUT2D eigenvalue weighted by Crippen LogP contribution is -2.48. The maximum absolute atomic E-state index is 4.66. The van der Waals surface area contributed by atoms with Crippen LogP contribution < -0.4 is 5.32 Å². The maximum Gasteiger partial charge on any atom is 0.138 e. The molecule has 146 valence electrons. The lowest BCUT2D eigenvalue weighted by Gasteiger charge is -2.41. The van der Waals surface area contributed by atoms with Gasteiger partial charge in [0.2, 0.25) is 0 Å². The Morgan fingerprint density at radius 2 is 1.78 bits per heavy atom. The molecular formula is C21H31N5S. The molecule has 2 aromatic heterocycles. The van der Waals surface area contributed by atoms with E-state index in [1.165, 1.54) is 93.3 Å². The van der Waals surface area contributed by atoms with Gasteiger partial charge in [0.05, 0.1) is 5.39 Å². The van der Waals surface area contributed by atoms with Crippen LogP contribution in [0.3, 0.4) is 0 Å². The monoisotopic (exact) mass is 385 g/mol. The topological polar surface area (TPSA) is 44.3 Å². The SMILES string of the molecule is CN1CCC(N2CCC(Nc3ncnc4sc5c(c34)CCCC5)CC2)CC1. The summed E-state index contributed by atoms with van der Waals surface area (Å²) in [5, 5.41) is 5.14. The number of nitrogens with zero attached hydrogens (tertiary/aromatic N) is 4. The Hall–Kier alpha value is -1.24. The van der Waals surface area contributed by atoms with Gasteiger partial charge in [0.1, 0.15) is 17.0 Å². The number of fused-ring (bicyclic) bond motifs is 3. The zero-order valence-corrected chi connectivity index (χ0v) is 17.2. The van der Waals surface area contributed by atoms with Gasteiger partial charge in [-0.15, -0.1) is 11.3 Å². The molecule has 0 radical (unpaired) electrons. The molecule has 0 atom stereocenters. The van der Waals surface area contributed by atoms with E-state index < -0.39 is 0 Å². The summed E-state index contributed by atoms with van der Waals surface area (Å²) in [4.78, 5) is 17.2. The van der Waals surface area contributed by atoms with Gasteiger partial charge in [-0.2, -0.15) is 0 Å². The van der Waals surface area contributed by atoms with Gasteiger partial charge in [-0.3, -0.25) is 0 Å². The molecule has 5 nitrogen and oxygen atoms in total. The molecule has 2 saturated heterocycles. The number of aryl methyl sites for hydroxylation is 2. The Balaban J connectivity index is 1.26. The molecule has 1 aliphatic carbocycles. The predicted octanol–water partition coefficient (Wildman–Crippen LogP) is 3.54. The largest absolute Gasteiger partial charge is 0.367 e. The van der Waals surface area contributed by atoms with Crippen LogP contribution in [0.5, 0.6) is 0 Å². The molecule has 1 N–H and O–H groups in total. The third kappa shape index (κ3) is 3.59. The van der Waals surface area contributed by atoms with Gasteiger partial charge in [-0.25, -0.2) is 9.97 Å². The van der Waals surface area contributed by atoms with Crippen molar-refractivity contribution in [2.75, 3.05) is 38.5 Å². The quantitative estimate of drug-likeness (QED) is 0.875. The second-order valence-corrected chi connectivity index (χ2v) is 9.69. The van der Waals surface area contributed by atoms with E-state index in [9.17, 15) is 0 Å². The number of piperidine rings is 2. The number of nitrogens with one attached hydrogen (secondary N) is 1. The van der Waals surface area contributed by atoms with Crippen LogP contribution in [0.15, 0.2) is 6.33 Å². The normalized spacial score (nSPS) is 23.6. The second kappa shape index (κ2) is 7.64. The number of hydrogen-bond donors (Lipinski definition) is 1. The van der Waals surface area contributed by atoms with Crippen molar-refractivity contribution in [2.24, 2.45) is 0 Å². The predicted molar refractivity (Wildman–Crippen MR) is 113 cm³/mol. The summed E-state index contributed by atoms with van der Waals surface area (Å²) in [6, 6.07) is 1.35. The molecule has 3 aliphatic rings. The lowest BCUT2D eigenvalue weighted by atomic mass is 9.96. The van der Waals surface area contributed by atoms with Gasteiger partial charge in [-0.1, -0.05) is 0 Å². The zero-order chi connectivity index (χ0) is 18.2. The van der Waals surface area contributed by atoms with Gasteiger partial charge < -0.3 is 15.1 Å². The number of likely N-dealkylation sites (tertiary alicyclic amines) is 2. The Labute approximate surface area is 166 Å². The highest BCUT2D eigenvalue weighted by atomic mass is 32.1. The van der Waals surface area contributed by atoms with E-state index in [1.807, 2.05) is 11.3 Å². The molecule has 5 rings (SSSR count). The standard InChI is InChI=1S/C21H31N5S/c1-25-10-8-16(9-11-25)26-12-6-15(7-13-26)24-20-19-17-4-2-3-5-18(17)27-21(19)23-14-22-20/h14-16H,2-13H2,1H3,(H,22,23,24). The van der Waals surface area contributed by atoms with Crippen molar-refractivity contribution >= 4 is 27.4 Å². The highest BCUT2D eigenvalue weighted by molar-refractivity contribution is 7.19. The molecule has 0 bridgehead atoms. The number of anilines is 1. The van der Waals surface area contributed by atoms with Crippen LogP contribution in [0.4, 0.5) is 5.82 Å². The van der Waals surface area contributed by atoms with Crippen LogP contribution in [0.25, 0.3) is 10.2 Å². The van der Waals surface area contributed by atoms with Crippen molar-refractivity contribution in [1.29, 1.82) is 0 Å². The van der Waals surface area contributed by atoms with Crippen LogP contribution in [0.1, 0.15) is 49.0 Å². The highest BCUT2D eigenvalue weighted by Crippen LogP contribution is 2.38. The Bertz CT molecular complexity index is 787. The van der Waals surface area contributed by atoms with E-state index in [1.54, 1.807) is 11.2 Å². The summed E-state index contributed by atoms with van der Waals surface area (Å²) >= 11 is 1.89. The van der Waals surface area contributed by atoms with Gasteiger partial charge in [0.25, 0.3) is 0 Å². The summed E-state index contributed by atoms with van der Waals surface area (Å²) in [5.74, 6) is 1.09. The van der Waals surface area contributed by atoms with E-state index in [-0.39, 0.29) is 0 Å².